The van der Waals surface area contributed by atoms with Gasteiger partial charge in [-0.1, -0.05) is 20.3 Å². The van der Waals surface area contributed by atoms with E-state index in [4.69, 9.17) is 16.6 Å². The average Bonchev–Trinajstić information content (AvgIpc) is 2.00. The van der Waals surface area contributed by atoms with Crippen molar-refractivity contribution in [3.63, 3.8) is 0 Å². The van der Waals surface area contributed by atoms with E-state index in [1.54, 1.807) is 0 Å². The lowest BCUT2D eigenvalue weighted by Crippen LogP contribution is -2.47. The van der Waals surface area contributed by atoms with Crippen molar-refractivity contribution in [3.8, 4) is 0 Å². The highest BCUT2D eigenvalue weighted by Crippen LogP contribution is 2.08. The Labute approximate surface area is 66.6 Å². The Morgan fingerprint density at radius 2 is 2.09 bits per heavy atom. The van der Waals surface area contributed by atoms with Crippen molar-refractivity contribution in [2.45, 2.75) is 32.4 Å². The van der Waals surface area contributed by atoms with E-state index in [9.17, 15) is 4.79 Å². The minimum atomic E-state index is -1.22. The lowest BCUT2D eigenvalue weighted by Gasteiger charge is -2.21. The fourth-order valence-electron chi connectivity index (χ4n) is 0.773. The number of hydrogen-bond acceptors (Lipinski definition) is 3. The summed E-state index contributed by atoms with van der Waals surface area (Å²) in [6, 6.07) is -0.544. The van der Waals surface area contributed by atoms with Gasteiger partial charge in [0.05, 0.1) is 0 Å². The molecule has 3 atom stereocenters. The van der Waals surface area contributed by atoms with E-state index in [1.165, 1.54) is 0 Å². The van der Waals surface area contributed by atoms with Crippen LogP contribution in [0.15, 0.2) is 0 Å². The molecule has 0 fully saturated rings. The van der Waals surface area contributed by atoms with Crippen LogP contribution in [0, 0.1) is 5.92 Å². The second-order valence-corrected chi connectivity index (χ2v) is 2.81. The summed E-state index contributed by atoms with van der Waals surface area (Å²) in [7, 11) is 0. The molecule has 0 rings (SSSR count). The first kappa shape index (κ1) is 10.4. The van der Waals surface area contributed by atoms with Crippen LogP contribution in [0.3, 0.4) is 0 Å². The third kappa shape index (κ3) is 2.86. The molecule has 0 aromatic rings. The summed E-state index contributed by atoms with van der Waals surface area (Å²) in [4.78, 5) is 10.5. The largest absolute Gasteiger partial charge is 0.382 e. The Bertz CT molecular complexity index is 138. The molecule has 0 spiro atoms. The number of rotatable bonds is 4. The molecule has 0 aliphatic carbocycles. The minimum Gasteiger partial charge on any atom is -0.382 e. The Morgan fingerprint density at radius 3 is 2.36 bits per heavy atom. The second-order valence-electron chi connectivity index (χ2n) is 2.81. The molecule has 0 radical (unpaired) electrons. The van der Waals surface area contributed by atoms with Gasteiger partial charge in [0.25, 0.3) is 0 Å². The van der Waals surface area contributed by atoms with Gasteiger partial charge in [0.2, 0.25) is 5.91 Å². The number of carbonyl (C=O) groups is 1. The summed E-state index contributed by atoms with van der Waals surface area (Å²) in [5, 5.41) is 9.10. The highest BCUT2D eigenvalue weighted by Gasteiger charge is 2.24. The van der Waals surface area contributed by atoms with Gasteiger partial charge < -0.3 is 16.6 Å². The van der Waals surface area contributed by atoms with Gasteiger partial charge in [-0.2, -0.15) is 0 Å². The van der Waals surface area contributed by atoms with Gasteiger partial charge in [-0.25, -0.2) is 0 Å². The van der Waals surface area contributed by atoms with Gasteiger partial charge in [0.15, 0.2) is 0 Å². The van der Waals surface area contributed by atoms with E-state index in [1.807, 2.05) is 13.8 Å². The van der Waals surface area contributed by atoms with Crippen molar-refractivity contribution in [2.24, 2.45) is 17.4 Å². The lowest BCUT2D eigenvalue weighted by molar-refractivity contribution is -0.127. The highest BCUT2D eigenvalue weighted by atomic mass is 16.3. The number of aliphatic hydroxyl groups is 1. The number of nitrogens with two attached hydrogens (primary N) is 2. The van der Waals surface area contributed by atoms with Gasteiger partial charge in [-0.05, 0) is 5.92 Å². The van der Waals surface area contributed by atoms with E-state index in [0.29, 0.717) is 0 Å². The fourth-order valence-corrected chi connectivity index (χ4v) is 0.773. The van der Waals surface area contributed by atoms with Gasteiger partial charge in [0, 0.05) is 6.04 Å². The maximum Gasteiger partial charge on any atom is 0.247 e. The molecule has 5 N–H and O–H groups in total. The molecule has 11 heavy (non-hydrogen) atoms. The monoisotopic (exact) mass is 160 g/mol. The van der Waals surface area contributed by atoms with Crippen LogP contribution in [0.4, 0.5) is 0 Å². The van der Waals surface area contributed by atoms with Crippen molar-refractivity contribution in [3.05, 3.63) is 0 Å². The summed E-state index contributed by atoms with van der Waals surface area (Å²) in [5.74, 6) is -0.643. The predicted molar refractivity (Wildman–Crippen MR) is 42.6 cm³/mol. The highest BCUT2D eigenvalue weighted by molar-refractivity contribution is 5.79. The molecule has 0 bridgehead atoms. The van der Waals surface area contributed by atoms with Crippen molar-refractivity contribution in [1.82, 2.24) is 0 Å². The molecule has 0 aromatic heterocycles. The van der Waals surface area contributed by atoms with Crippen LogP contribution in [0.25, 0.3) is 0 Å². The van der Waals surface area contributed by atoms with Gasteiger partial charge in [-0.3, -0.25) is 4.79 Å². The Kier molecular flexibility index (Phi) is 4.07. The number of amides is 1. The maximum atomic E-state index is 10.5. The van der Waals surface area contributed by atoms with Crippen LogP contribution in [-0.4, -0.2) is 23.2 Å². The van der Waals surface area contributed by atoms with E-state index < -0.39 is 18.1 Å². The first-order valence-electron chi connectivity index (χ1n) is 3.73. The Morgan fingerprint density at radius 1 is 1.64 bits per heavy atom. The third-order valence-corrected chi connectivity index (χ3v) is 1.96. The molecule has 0 aliphatic heterocycles. The molecule has 0 aliphatic rings. The topological polar surface area (TPSA) is 89.3 Å². The molecule has 0 heterocycles. The summed E-state index contributed by atoms with van der Waals surface area (Å²) < 4.78 is 0. The molecule has 4 heteroatoms. The zero-order valence-electron chi connectivity index (χ0n) is 6.95. The maximum absolute atomic E-state index is 10.5. The van der Waals surface area contributed by atoms with Gasteiger partial charge >= 0.3 is 0 Å². The summed E-state index contributed by atoms with van der Waals surface area (Å²) in [6.07, 6.45) is -0.393. The van der Waals surface area contributed by atoms with E-state index in [-0.39, 0.29) is 5.92 Å². The predicted octanol–water partition coefficient (Wildman–Crippen LogP) is -0.794. The van der Waals surface area contributed by atoms with Gasteiger partial charge in [-0.15, -0.1) is 0 Å². The Hall–Kier alpha value is -0.610. The molecule has 0 saturated carbocycles. The van der Waals surface area contributed by atoms with Crippen LogP contribution in [0.1, 0.15) is 20.3 Å². The summed E-state index contributed by atoms with van der Waals surface area (Å²) in [5.41, 5.74) is 10.4. The zero-order chi connectivity index (χ0) is 9.02. The molecular formula is C7H16N2O2. The first-order chi connectivity index (χ1) is 5.00. The lowest BCUT2D eigenvalue weighted by atomic mass is 9.95. The van der Waals surface area contributed by atoms with Gasteiger partial charge in [0.1, 0.15) is 6.10 Å². The molecule has 4 nitrogen and oxygen atoms in total. The zero-order valence-corrected chi connectivity index (χ0v) is 6.95. The number of aliphatic hydroxyl groups excluding tert-OH is 1. The summed E-state index contributed by atoms with van der Waals surface area (Å²) >= 11 is 0. The molecule has 1 amide bonds. The van der Waals surface area contributed by atoms with Crippen molar-refractivity contribution >= 4 is 5.91 Å². The fraction of sp³-hybridized carbons (Fsp3) is 0.857. The van der Waals surface area contributed by atoms with Crippen LogP contribution in [0.5, 0.6) is 0 Å². The smallest absolute Gasteiger partial charge is 0.247 e. The number of carbonyl (C=O) groups excluding carboxylic acids is 1. The average molecular weight is 160 g/mol. The second kappa shape index (κ2) is 4.31. The Balaban J connectivity index is 4.00. The SMILES string of the molecule is CC[C@@H](C)[C@H](N)C(O)C(N)=O. The first-order valence-corrected chi connectivity index (χ1v) is 3.73. The number of hydrogen-bond donors (Lipinski definition) is 3. The minimum absolute atomic E-state index is 0.109. The normalized spacial score (nSPS) is 18.9. The molecule has 0 saturated heterocycles. The van der Waals surface area contributed by atoms with Crippen LogP contribution in [0.2, 0.25) is 0 Å². The number of primary amides is 1. The van der Waals surface area contributed by atoms with Crippen molar-refractivity contribution < 1.29 is 9.90 Å². The van der Waals surface area contributed by atoms with Crippen molar-refractivity contribution in [1.29, 1.82) is 0 Å². The molecular weight excluding hydrogens is 144 g/mol. The summed E-state index contributed by atoms with van der Waals surface area (Å²) in [6.45, 7) is 3.81. The third-order valence-electron chi connectivity index (χ3n) is 1.96. The van der Waals surface area contributed by atoms with Crippen molar-refractivity contribution in [2.75, 3.05) is 0 Å². The standard InChI is InChI=1S/C7H16N2O2/c1-3-4(2)5(8)6(10)7(9)11/h4-6,10H,3,8H2,1-2H3,(H2,9,11)/t4-,5+,6?/m1/s1. The van der Waals surface area contributed by atoms with Crippen LogP contribution >= 0.6 is 0 Å². The molecule has 66 valence electrons. The van der Waals surface area contributed by atoms with E-state index in [0.717, 1.165) is 6.42 Å². The van der Waals surface area contributed by atoms with E-state index >= 15 is 0 Å². The van der Waals surface area contributed by atoms with Crippen LogP contribution < -0.4 is 11.5 Å². The van der Waals surface area contributed by atoms with Crippen LogP contribution in [-0.2, 0) is 4.79 Å². The molecule has 1 unspecified atom stereocenters. The van der Waals surface area contributed by atoms with E-state index in [2.05, 4.69) is 0 Å². The quantitative estimate of drug-likeness (QED) is 0.503. The molecule has 0 aromatic carbocycles.